The number of hydrogen-bond donors (Lipinski definition) is 2. The molecule has 0 aliphatic carbocycles. The van der Waals surface area contributed by atoms with E-state index < -0.39 is 0 Å². The Kier molecular flexibility index (Phi) is 4.49. The summed E-state index contributed by atoms with van der Waals surface area (Å²) in [4.78, 5) is 10.5. The minimum Gasteiger partial charge on any atom is -0.502 e. The van der Waals surface area contributed by atoms with E-state index in [1.54, 1.807) is 0 Å². The van der Waals surface area contributed by atoms with Crippen LogP contribution in [0.1, 0.15) is 6.42 Å². The summed E-state index contributed by atoms with van der Waals surface area (Å²) < 4.78 is 0. The maximum Gasteiger partial charge on any atom is 0.243 e. The summed E-state index contributed by atoms with van der Waals surface area (Å²) in [6.45, 7) is 0. The highest BCUT2D eigenvalue weighted by Crippen LogP contribution is 1.84. The van der Waals surface area contributed by atoms with E-state index in [0.29, 0.717) is 0 Å². The third-order valence-corrected chi connectivity index (χ3v) is 0.975. The summed E-state index contributed by atoms with van der Waals surface area (Å²) in [5.74, 6) is -0.198. The van der Waals surface area contributed by atoms with Gasteiger partial charge in [-0.15, -0.1) is 0 Å². The van der Waals surface area contributed by atoms with Crippen LogP contribution in [0.3, 0.4) is 0 Å². The van der Waals surface area contributed by atoms with Crippen molar-refractivity contribution in [3.63, 3.8) is 0 Å². The molecule has 2 N–H and O–H groups in total. The smallest absolute Gasteiger partial charge is 0.243 e. The first-order valence-electron chi connectivity index (χ1n) is 2.77. The lowest BCUT2D eigenvalue weighted by molar-refractivity contribution is -0.116. The molecule has 0 aromatic carbocycles. The van der Waals surface area contributed by atoms with Gasteiger partial charge in [0.1, 0.15) is 0 Å². The lowest BCUT2D eigenvalue weighted by Gasteiger charge is -1.88. The van der Waals surface area contributed by atoms with E-state index in [0.717, 1.165) is 0 Å². The van der Waals surface area contributed by atoms with Crippen LogP contribution in [-0.2, 0) is 4.79 Å². The number of hydrogen-bond acceptors (Lipinski definition) is 2. The molecular weight excluding hydrogens is 150 g/mol. The van der Waals surface area contributed by atoms with Gasteiger partial charge in [0.25, 0.3) is 0 Å². The van der Waals surface area contributed by atoms with E-state index in [2.05, 4.69) is 17.5 Å². The van der Waals surface area contributed by atoms with Crippen LogP contribution >= 0.6 is 12.2 Å². The highest BCUT2D eigenvalue weighted by Gasteiger charge is 1.88. The minimum absolute atomic E-state index is 0.111. The molecule has 10 heavy (non-hydrogen) atoms. The number of amides is 1. The molecule has 0 saturated carbocycles. The van der Waals surface area contributed by atoms with E-state index >= 15 is 0 Å². The zero-order valence-corrected chi connectivity index (χ0v) is 6.44. The first kappa shape index (κ1) is 9.10. The van der Waals surface area contributed by atoms with Crippen molar-refractivity contribution in [2.24, 2.45) is 0 Å². The molecule has 0 radical (unpaired) electrons. The number of aliphatic hydroxyl groups excluding tert-OH is 1. The summed E-state index contributed by atoms with van der Waals surface area (Å²) in [7, 11) is 1.53. The summed E-state index contributed by atoms with van der Waals surface area (Å²) in [6.07, 6.45) is 3.08. The van der Waals surface area contributed by atoms with Crippen molar-refractivity contribution in [2.45, 2.75) is 6.42 Å². The molecule has 4 heteroatoms. The van der Waals surface area contributed by atoms with Gasteiger partial charge >= 0.3 is 0 Å². The molecular formula is C6H9NO2S. The molecule has 0 heterocycles. The van der Waals surface area contributed by atoms with Gasteiger partial charge in [-0.05, 0) is 18.3 Å². The Morgan fingerprint density at radius 1 is 1.80 bits per heavy atom. The Morgan fingerprint density at radius 3 is 2.80 bits per heavy atom. The fraction of sp³-hybridized carbons (Fsp3) is 0.333. The second kappa shape index (κ2) is 4.93. The first-order valence-corrected chi connectivity index (χ1v) is 3.17. The second-order valence-corrected chi connectivity index (χ2v) is 2.09. The van der Waals surface area contributed by atoms with Crippen molar-refractivity contribution in [1.82, 2.24) is 5.32 Å². The van der Waals surface area contributed by atoms with Gasteiger partial charge in [-0.2, -0.15) is 0 Å². The van der Waals surface area contributed by atoms with Gasteiger partial charge in [0.15, 0.2) is 5.05 Å². The molecule has 0 aliphatic heterocycles. The highest BCUT2D eigenvalue weighted by atomic mass is 32.1. The highest BCUT2D eigenvalue weighted by molar-refractivity contribution is 7.80. The fourth-order valence-electron chi connectivity index (χ4n) is 0.350. The van der Waals surface area contributed by atoms with Crippen molar-refractivity contribution < 1.29 is 9.90 Å². The van der Waals surface area contributed by atoms with Gasteiger partial charge in [-0.3, -0.25) is 4.79 Å². The Bertz CT molecular complexity index is 165. The van der Waals surface area contributed by atoms with E-state index in [4.69, 9.17) is 5.11 Å². The molecule has 0 atom stereocenters. The number of rotatable bonds is 3. The lowest BCUT2D eigenvalue weighted by Crippen LogP contribution is -2.14. The third kappa shape index (κ3) is 5.24. The van der Waals surface area contributed by atoms with Crippen LogP contribution in [0.4, 0.5) is 0 Å². The van der Waals surface area contributed by atoms with Crippen molar-refractivity contribution in [2.75, 3.05) is 7.05 Å². The van der Waals surface area contributed by atoms with Crippen LogP contribution in [-0.4, -0.2) is 23.1 Å². The van der Waals surface area contributed by atoms with Crippen molar-refractivity contribution in [3.8, 4) is 0 Å². The monoisotopic (exact) mass is 159 g/mol. The average molecular weight is 159 g/mol. The Labute approximate surface area is 64.7 Å². The Morgan fingerprint density at radius 2 is 2.40 bits per heavy atom. The molecule has 0 saturated heterocycles. The van der Waals surface area contributed by atoms with Crippen LogP contribution in [0.15, 0.2) is 12.2 Å². The molecule has 56 valence electrons. The van der Waals surface area contributed by atoms with Crippen LogP contribution in [0.25, 0.3) is 0 Å². The number of aliphatic hydroxyl groups is 1. The molecule has 3 nitrogen and oxygen atoms in total. The van der Waals surface area contributed by atoms with Gasteiger partial charge in [-0.25, -0.2) is 0 Å². The van der Waals surface area contributed by atoms with Crippen molar-refractivity contribution in [1.29, 1.82) is 0 Å². The van der Waals surface area contributed by atoms with E-state index in [-0.39, 0.29) is 17.4 Å². The van der Waals surface area contributed by atoms with Crippen molar-refractivity contribution >= 4 is 23.2 Å². The van der Waals surface area contributed by atoms with E-state index in [9.17, 15) is 4.79 Å². The molecule has 0 aliphatic rings. The van der Waals surface area contributed by atoms with E-state index in [1.165, 1.54) is 19.2 Å². The molecule has 0 fully saturated rings. The van der Waals surface area contributed by atoms with Gasteiger partial charge in [0, 0.05) is 13.5 Å². The molecule has 0 rings (SSSR count). The molecule has 0 aromatic rings. The predicted octanol–water partition coefficient (Wildman–Crippen LogP) is 0.564. The fourth-order valence-corrected chi connectivity index (χ4v) is 0.446. The summed E-state index contributed by atoms with van der Waals surface area (Å²) in [5.41, 5.74) is 0. The zero-order chi connectivity index (χ0) is 7.98. The average Bonchev–Trinajstić information content (AvgIpc) is 1.87. The molecule has 0 aromatic heterocycles. The first-order chi connectivity index (χ1) is 4.66. The van der Waals surface area contributed by atoms with Gasteiger partial charge in [0.2, 0.25) is 5.91 Å². The predicted molar refractivity (Wildman–Crippen MR) is 43.1 cm³/mol. The topological polar surface area (TPSA) is 49.3 Å². The maximum atomic E-state index is 10.5. The van der Waals surface area contributed by atoms with Gasteiger partial charge in [0.05, 0.1) is 0 Å². The molecule has 0 bridgehead atoms. The number of thiocarbonyl (C=S) groups is 1. The second-order valence-electron chi connectivity index (χ2n) is 1.61. The summed E-state index contributed by atoms with van der Waals surface area (Å²) in [5, 5.41) is 10.8. The SMILES string of the molecule is CNC(=O)/C=C\CC(O)=S. The lowest BCUT2D eigenvalue weighted by atomic mass is 10.4. The van der Waals surface area contributed by atoms with Crippen LogP contribution in [0.2, 0.25) is 0 Å². The summed E-state index contributed by atoms with van der Waals surface area (Å²) in [6, 6.07) is 0. The number of carbonyl (C=O) groups is 1. The minimum atomic E-state index is -0.198. The largest absolute Gasteiger partial charge is 0.502 e. The zero-order valence-electron chi connectivity index (χ0n) is 5.63. The standard InChI is InChI=1S/C6H9NO2S/c1-7-5(8)3-2-4-6(9)10/h2-3H,4H2,1H3,(H,7,8)(H,9,10)/b3-2-. The van der Waals surface area contributed by atoms with Crippen molar-refractivity contribution in [3.05, 3.63) is 12.2 Å². The quantitative estimate of drug-likeness (QED) is 0.467. The number of carbonyl (C=O) groups excluding carboxylic acids is 1. The van der Waals surface area contributed by atoms with Crippen LogP contribution in [0, 0.1) is 0 Å². The molecule has 0 spiro atoms. The molecule has 1 amide bonds. The van der Waals surface area contributed by atoms with E-state index in [1.807, 2.05) is 0 Å². The third-order valence-electron chi connectivity index (χ3n) is 0.808. The Hall–Kier alpha value is -0.900. The normalized spacial score (nSPS) is 9.70. The number of nitrogens with one attached hydrogen (secondary N) is 1. The summed E-state index contributed by atoms with van der Waals surface area (Å²) >= 11 is 4.36. The van der Waals surface area contributed by atoms with Gasteiger partial charge in [-0.1, -0.05) is 6.08 Å². The Balaban J connectivity index is 3.56. The maximum absolute atomic E-state index is 10.5. The molecule has 0 unspecified atom stereocenters. The van der Waals surface area contributed by atoms with Crippen LogP contribution < -0.4 is 5.32 Å². The number of likely N-dealkylation sites (N-methyl/N-ethyl adjacent to an activating group) is 1. The van der Waals surface area contributed by atoms with Crippen LogP contribution in [0.5, 0.6) is 0 Å². The van der Waals surface area contributed by atoms with Gasteiger partial charge < -0.3 is 10.4 Å².